The molecule has 0 saturated heterocycles. The van der Waals surface area contributed by atoms with Crippen LogP contribution in [0.5, 0.6) is 0 Å². The van der Waals surface area contributed by atoms with Crippen LogP contribution in [0.25, 0.3) is 0 Å². The fraction of sp³-hybridized carbons (Fsp3) is 0.619. The van der Waals surface area contributed by atoms with Crippen LogP contribution in [0.15, 0.2) is 6.07 Å². The van der Waals surface area contributed by atoms with Crippen LogP contribution in [-0.2, 0) is 27.2 Å². The van der Waals surface area contributed by atoms with E-state index >= 15 is 0 Å². The molecule has 2 aliphatic rings. The Morgan fingerprint density at radius 1 is 1.03 bits per heavy atom. The third-order valence-electron chi connectivity index (χ3n) is 5.14. The fourth-order valence-electron chi connectivity index (χ4n) is 2.98. The number of aliphatic carboxylic acids is 2. The van der Waals surface area contributed by atoms with Crippen molar-refractivity contribution in [2.24, 2.45) is 5.92 Å². The van der Waals surface area contributed by atoms with Crippen molar-refractivity contribution >= 4 is 23.7 Å². The summed E-state index contributed by atoms with van der Waals surface area (Å²) in [5.41, 5.74) is 2.40. The molecule has 0 aromatic carbocycles. The fourth-order valence-corrected chi connectivity index (χ4v) is 2.98. The normalized spacial score (nSPS) is 15.6. The van der Waals surface area contributed by atoms with Gasteiger partial charge in [0.05, 0.1) is 6.61 Å². The molecule has 1 aliphatic carbocycles. The average Bonchev–Trinajstić information content (AvgIpc) is 3.62. The van der Waals surface area contributed by atoms with Gasteiger partial charge in [-0.25, -0.2) is 19.4 Å². The summed E-state index contributed by atoms with van der Waals surface area (Å²) in [7, 11) is 1.71. The number of carbonyl (C=O) groups is 3. The predicted molar refractivity (Wildman–Crippen MR) is 116 cm³/mol. The number of nitrogens with zero attached hydrogens (tertiary/aromatic N) is 2. The highest BCUT2D eigenvalue weighted by molar-refractivity contribution is 5.93. The highest BCUT2D eigenvalue weighted by atomic mass is 19.4. The molecule has 10 nitrogen and oxygen atoms in total. The number of rotatable bonds is 7. The Kier molecular flexibility index (Phi) is 12.0. The molecule has 1 aromatic rings. The molecule has 0 spiro atoms. The molecule has 2 heterocycles. The number of nitrogens with one attached hydrogen (secondary N) is 1. The van der Waals surface area contributed by atoms with Crippen molar-refractivity contribution in [2.45, 2.75) is 38.0 Å². The summed E-state index contributed by atoms with van der Waals surface area (Å²) in [4.78, 5) is 36.4. The lowest BCUT2D eigenvalue weighted by Crippen LogP contribution is -2.29. The SMILES string of the molecule is COCCN1CCc2cc(C(=O)O)c(NCC3CC3)nc2CC1.O=C(O)C(F)(F)F.O=C(O)C(F)(F)F. The number of hydrogen-bond donors (Lipinski definition) is 4. The van der Waals surface area contributed by atoms with Gasteiger partial charge in [0.25, 0.3) is 0 Å². The minimum atomic E-state index is -5.08. The zero-order chi connectivity index (χ0) is 28.4. The van der Waals surface area contributed by atoms with Gasteiger partial charge in [0.1, 0.15) is 11.4 Å². The number of aromatic nitrogens is 1. The van der Waals surface area contributed by atoms with E-state index in [1.54, 1.807) is 7.11 Å². The standard InChI is InChI=1S/C17H25N3O3.2C2HF3O2/c1-23-9-8-20-6-4-13-10-14(17(21)22)16(18-11-12-2-3-12)19-15(13)5-7-20;2*3-2(4,5)1(6)7/h10,12H,2-9,11H2,1H3,(H,18,19)(H,21,22);2*(H,6,7). The van der Waals surface area contributed by atoms with E-state index in [2.05, 4.69) is 15.2 Å². The topological polar surface area (TPSA) is 149 Å². The van der Waals surface area contributed by atoms with Gasteiger partial charge in [-0.15, -0.1) is 0 Å². The maximum absolute atomic E-state index is 11.6. The first-order valence-corrected chi connectivity index (χ1v) is 10.9. The third kappa shape index (κ3) is 12.1. The molecule has 1 aromatic heterocycles. The molecule has 0 bridgehead atoms. The molecule has 3 rings (SSSR count). The zero-order valence-electron chi connectivity index (χ0n) is 19.7. The molecular weight excluding hydrogens is 520 g/mol. The van der Waals surface area contributed by atoms with E-state index in [9.17, 15) is 36.2 Å². The zero-order valence-corrected chi connectivity index (χ0v) is 19.7. The first kappa shape index (κ1) is 31.9. The number of fused-ring (bicyclic) bond motifs is 1. The van der Waals surface area contributed by atoms with Gasteiger partial charge in [-0.2, -0.15) is 26.3 Å². The Morgan fingerprint density at radius 2 is 1.54 bits per heavy atom. The van der Waals surface area contributed by atoms with Crippen LogP contribution >= 0.6 is 0 Å². The highest BCUT2D eigenvalue weighted by Gasteiger charge is 2.38. The van der Waals surface area contributed by atoms with Gasteiger partial charge < -0.3 is 30.3 Å². The summed E-state index contributed by atoms with van der Waals surface area (Å²) >= 11 is 0. The molecule has 16 heteroatoms. The number of ether oxygens (including phenoxy) is 1. The van der Waals surface area contributed by atoms with Gasteiger partial charge in [-0.3, -0.25) is 0 Å². The van der Waals surface area contributed by atoms with E-state index < -0.39 is 30.3 Å². The van der Waals surface area contributed by atoms with Gasteiger partial charge in [0.15, 0.2) is 0 Å². The van der Waals surface area contributed by atoms with E-state index in [0.717, 1.165) is 56.9 Å². The van der Waals surface area contributed by atoms with Gasteiger partial charge in [-0.05, 0) is 36.8 Å². The number of hydrogen-bond acceptors (Lipinski definition) is 7. The highest BCUT2D eigenvalue weighted by Crippen LogP contribution is 2.30. The first-order valence-electron chi connectivity index (χ1n) is 10.9. The van der Waals surface area contributed by atoms with E-state index in [1.807, 2.05) is 6.07 Å². The lowest BCUT2D eigenvalue weighted by atomic mass is 10.1. The molecular formula is C21H27F6N3O7. The van der Waals surface area contributed by atoms with Crippen molar-refractivity contribution < 1.29 is 60.8 Å². The number of pyridine rings is 1. The van der Waals surface area contributed by atoms with E-state index in [4.69, 9.17) is 24.5 Å². The van der Waals surface area contributed by atoms with Crippen molar-refractivity contribution in [3.05, 3.63) is 22.9 Å². The van der Waals surface area contributed by atoms with Crippen LogP contribution in [0, 0.1) is 5.92 Å². The van der Waals surface area contributed by atoms with Gasteiger partial charge >= 0.3 is 30.3 Å². The Bertz CT molecular complexity index is 912. The average molecular weight is 547 g/mol. The minimum absolute atomic E-state index is 0.301. The van der Waals surface area contributed by atoms with Gasteiger partial charge in [-0.1, -0.05) is 0 Å². The summed E-state index contributed by atoms with van der Waals surface area (Å²) in [6.45, 7) is 4.32. The summed E-state index contributed by atoms with van der Waals surface area (Å²) in [6.07, 6.45) is -6.00. The smallest absolute Gasteiger partial charge is 0.478 e. The van der Waals surface area contributed by atoms with Gasteiger partial charge in [0, 0.05) is 45.4 Å². The minimum Gasteiger partial charge on any atom is -0.478 e. The van der Waals surface area contributed by atoms with E-state index in [1.165, 1.54) is 12.8 Å². The van der Waals surface area contributed by atoms with E-state index in [-0.39, 0.29) is 0 Å². The van der Waals surface area contributed by atoms with Gasteiger partial charge in [0.2, 0.25) is 0 Å². The Balaban J connectivity index is 0.000000404. The number of aromatic carboxylic acids is 1. The van der Waals surface area contributed by atoms with Crippen LogP contribution < -0.4 is 5.32 Å². The lowest BCUT2D eigenvalue weighted by Gasteiger charge is -2.18. The van der Waals surface area contributed by atoms with Crippen LogP contribution in [0.2, 0.25) is 0 Å². The quantitative estimate of drug-likeness (QED) is 0.376. The summed E-state index contributed by atoms with van der Waals surface area (Å²) in [6, 6.07) is 1.82. The van der Waals surface area contributed by atoms with Crippen LogP contribution in [0.4, 0.5) is 32.2 Å². The molecule has 0 radical (unpaired) electrons. The molecule has 1 saturated carbocycles. The van der Waals surface area contributed by atoms with E-state index in [0.29, 0.717) is 17.3 Å². The summed E-state index contributed by atoms with van der Waals surface area (Å²) < 4.78 is 68.6. The summed E-state index contributed by atoms with van der Waals surface area (Å²) in [5, 5.41) is 27.0. The largest absolute Gasteiger partial charge is 0.490 e. The van der Waals surface area contributed by atoms with Crippen LogP contribution in [0.3, 0.4) is 0 Å². The van der Waals surface area contributed by atoms with Crippen molar-refractivity contribution in [3.63, 3.8) is 0 Å². The molecule has 37 heavy (non-hydrogen) atoms. The number of alkyl halides is 6. The maximum Gasteiger partial charge on any atom is 0.490 e. The molecule has 0 amide bonds. The number of carboxylic acids is 3. The van der Waals surface area contributed by atoms with Crippen molar-refractivity contribution in [1.82, 2.24) is 9.88 Å². The second-order valence-corrected chi connectivity index (χ2v) is 8.06. The first-order chi connectivity index (χ1) is 17.1. The molecule has 0 atom stereocenters. The summed E-state index contributed by atoms with van der Waals surface area (Å²) in [5.74, 6) is -5.20. The molecule has 4 N–H and O–H groups in total. The maximum atomic E-state index is 11.6. The van der Waals surface area contributed by atoms with Crippen molar-refractivity contribution in [1.29, 1.82) is 0 Å². The number of anilines is 1. The Labute approximate surface area is 207 Å². The van der Waals surface area contributed by atoms with Crippen molar-refractivity contribution in [3.8, 4) is 0 Å². The number of halogens is 6. The number of methoxy groups -OCH3 is 1. The van der Waals surface area contributed by atoms with Crippen LogP contribution in [-0.4, -0.2) is 95.4 Å². The number of carboxylic acid groups (broad SMARTS) is 3. The second-order valence-electron chi connectivity index (χ2n) is 8.06. The van der Waals surface area contributed by atoms with Crippen LogP contribution in [0.1, 0.15) is 34.5 Å². The Hall–Kier alpha value is -3.14. The predicted octanol–water partition coefficient (Wildman–Crippen LogP) is 2.92. The monoisotopic (exact) mass is 547 g/mol. The second kappa shape index (κ2) is 14.0. The molecule has 0 unspecified atom stereocenters. The third-order valence-corrected chi connectivity index (χ3v) is 5.14. The lowest BCUT2D eigenvalue weighted by molar-refractivity contribution is -0.193. The molecule has 1 aliphatic heterocycles. The Morgan fingerprint density at radius 3 is 1.97 bits per heavy atom. The van der Waals surface area contributed by atoms with Crippen molar-refractivity contribution in [2.75, 3.05) is 45.2 Å². The molecule has 1 fully saturated rings. The molecule has 210 valence electrons.